The third-order valence-electron chi connectivity index (χ3n) is 6.22. The summed E-state index contributed by atoms with van der Waals surface area (Å²) < 4.78 is 7.39. The fourth-order valence-electron chi connectivity index (χ4n) is 4.57. The van der Waals surface area contributed by atoms with Crippen LogP contribution in [0.5, 0.6) is 5.75 Å². The van der Waals surface area contributed by atoms with Crippen molar-refractivity contribution in [1.29, 1.82) is 0 Å². The highest BCUT2D eigenvalue weighted by atomic mass is 16.5. The normalized spacial score (nSPS) is 15.5. The van der Waals surface area contributed by atoms with E-state index in [-0.39, 0.29) is 11.9 Å². The van der Waals surface area contributed by atoms with E-state index < -0.39 is 0 Å². The molecule has 172 valence electrons. The second kappa shape index (κ2) is 9.43. The second-order valence-corrected chi connectivity index (χ2v) is 8.33. The minimum atomic E-state index is -0.154. The number of ether oxygens (including phenoxy) is 1. The molecule has 8 heteroatoms. The SMILES string of the molecule is COc1ccccc1Cc1cc(C(=O)N2CCC[C@@H]2c2nccnc2-c2nccn2C)ccn1. The Labute approximate surface area is 198 Å². The molecule has 1 fully saturated rings. The number of carbonyl (C=O) groups is 1. The molecule has 1 atom stereocenters. The Kier molecular flexibility index (Phi) is 6.03. The summed E-state index contributed by atoms with van der Waals surface area (Å²) >= 11 is 0. The molecule has 0 unspecified atom stereocenters. The summed E-state index contributed by atoms with van der Waals surface area (Å²) in [5.74, 6) is 1.53. The quantitative estimate of drug-likeness (QED) is 0.440. The first-order valence-electron chi connectivity index (χ1n) is 11.3. The second-order valence-electron chi connectivity index (χ2n) is 8.33. The van der Waals surface area contributed by atoms with Gasteiger partial charge in [0.1, 0.15) is 11.4 Å². The molecule has 0 aliphatic carbocycles. The van der Waals surface area contributed by atoms with Crippen LogP contribution in [0.3, 0.4) is 0 Å². The number of imidazole rings is 1. The van der Waals surface area contributed by atoms with Gasteiger partial charge >= 0.3 is 0 Å². The number of likely N-dealkylation sites (tertiary alicyclic amines) is 1. The first-order valence-corrected chi connectivity index (χ1v) is 11.3. The maximum absolute atomic E-state index is 13.6. The molecule has 5 rings (SSSR count). The van der Waals surface area contributed by atoms with E-state index in [0.29, 0.717) is 24.2 Å². The van der Waals surface area contributed by atoms with Crippen molar-refractivity contribution in [2.45, 2.75) is 25.3 Å². The van der Waals surface area contributed by atoms with Gasteiger partial charge in [-0.2, -0.15) is 0 Å². The van der Waals surface area contributed by atoms with Crippen LogP contribution in [0.1, 0.15) is 46.2 Å². The van der Waals surface area contributed by atoms with Crippen LogP contribution in [0, 0.1) is 0 Å². The van der Waals surface area contributed by atoms with Crippen LogP contribution in [0.2, 0.25) is 0 Å². The van der Waals surface area contributed by atoms with E-state index in [4.69, 9.17) is 4.74 Å². The third-order valence-corrected chi connectivity index (χ3v) is 6.22. The Balaban J connectivity index is 1.43. The van der Waals surface area contributed by atoms with Crippen molar-refractivity contribution in [3.63, 3.8) is 0 Å². The number of hydrogen-bond donors (Lipinski definition) is 0. The van der Waals surface area contributed by atoms with Gasteiger partial charge in [0.25, 0.3) is 5.91 Å². The van der Waals surface area contributed by atoms with E-state index in [1.54, 1.807) is 38.0 Å². The van der Waals surface area contributed by atoms with Gasteiger partial charge in [0.2, 0.25) is 0 Å². The van der Waals surface area contributed by atoms with E-state index in [9.17, 15) is 4.79 Å². The van der Waals surface area contributed by atoms with E-state index in [1.165, 1.54) is 0 Å². The van der Waals surface area contributed by atoms with Gasteiger partial charge in [0.15, 0.2) is 5.82 Å². The largest absolute Gasteiger partial charge is 0.496 e. The molecule has 0 saturated carbocycles. The molecule has 1 aromatic carbocycles. The summed E-state index contributed by atoms with van der Waals surface area (Å²) in [4.78, 5) is 33.7. The van der Waals surface area contributed by atoms with Crippen molar-refractivity contribution in [3.8, 4) is 17.3 Å². The number of rotatable bonds is 6. The maximum Gasteiger partial charge on any atom is 0.254 e. The smallest absolute Gasteiger partial charge is 0.254 e. The molecule has 0 spiro atoms. The molecule has 0 N–H and O–H groups in total. The Morgan fingerprint density at radius 3 is 2.74 bits per heavy atom. The van der Waals surface area contributed by atoms with E-state index in [2.05, 4.69) is 19.9 Å². The minimum absolute atomic E-state index is 0.0254. The zero-order valence-electron chi connectivity index (χ0n) is 19.3. The van der Waals surface area contributed by atoms with Gasteiger partial charge in [-0.05, 0) is 31.0 Å². The third kappa shape index (κ3) is 4.14. The summed E-state index contributed by atoms with van der Waals surface area (Å²) in [7, 11) is 3.59. The van der Waals surface area contributed by atoms with Crippen molar-refractivity contribution in [2.24, 2.45) is 7.05 Å². The lowest BCUT2D eigenvalue weighted by Gasteiger charge is -2.25. The molecule has 3 aromatic heterocycles. The number of amides is 1. The Morgan fingerprint density at radius 2 is 1.91 bits per heavy atom. The van der Waals surface area contributed by atoms with Crippen molar-refractivity contribution in [1.82, 2.24) is 29.4 Å². The number of methoxy groups -OCH3 is 1. The molecular formula is C26H26N6O2. The number of aryl methyl sites for hydroxylation is 1. The molecule has 34 heavy (non-hydrogen) atoms. The highest BCUT2D eigenvalue weighted by Gasteiger charge is 2.34. The van der Waals surface area contributed by atoms with E-state index in [1.807, 2.05) is 53.0 Å². The first-order chi connectivity index (χ1) is 16.7. The first kappa shape index (κ1) is 21.8. The van der Waals surface area contributed by atoms with E-state index in [0.717, 1.165) is 41.4 Å². The topological polar surface area (TPSA) is 86.0 Å². The number of pyridine rings is 1. The van der Waals surface area contributed by atoms with Gasteiger partial charge in [0.05, 0.1) is 18.8 Å². The van der Waals surface area contributed by atoms with Gasteiger partial charge in [-0.1, -0.05) is 18.2 Å². The van der Waals surface area contributed by atoms with Gasteiger partial charge in [-0.3, -0.25) is 14.8 Å². The summed E-state index contributed by atoms with van der Waals surface area (Å²) in [6.45, 7) is 0.671. The predicted octanol–water partition coefficient (Wildman–Crippen LogP) is 3.85. The number of nitrogens with zero attached hydrogens (tertiary/aromatic N) is 6. The van der Waals surface area contributed by atoms with Gasteiger partial charge in [-0.15, -0.1) is 0 Å². The minimum Gasteiger partial charge on any atom is -0.496 e. The van der Waals surface area contributed by atoms with Crippen molar-refractivity contribution in [2.75, 3.05) is 13.7 Å². The number of hydrogen-bond acceptors (Lipinski definition) is 6. The van der Waals surface area contributed by atoms with E-state index >= 15 is 0 Å². The van der Waals surface area contributed by atoms with Crippen LogP contribution in [0.25, 0.3) is 11.5 Å². The van der Waals surface area contributed by atoms with Crippen LogP contribution < -0.4 is 4.74 Å². The lowest BCUT2D eigenvalue weighted by atomic mass is 10.0. The van der Waals surface area contributed by atoms with Gasteiger partial charge in [0, 0.05) is 67.8 Å². The van der Waals surface area contributed by atoms with Crippen LogP contribution in [-0.2, 0) is 13.5 Å². The fraction of sp³-hybridized carbons (Fsp3) is 0.269. The zero-order chi connectivity index (χ0) is 23.5. The molecule has 8 nitrogen and oxygen atoms in total. The molecule has 0 bridgehead atoms. The Hall–Kier alpha value is -4.07. The fourth-order valence-corrected chi connectivity index (χ4v) is 4.57. The highest BCUT2D eigenvalue weighted by molar-refractivity contribution is 5.94. The molecule has 1 saturated heterocycles. The summed E-state index contributed by atoms with van der Waals surface area (Å²) in [6, 6.07) is 11.4. The van der Waals surface area contributed by atoms with Gasteiger partial charge < -0.3 is 14.2 Å². The van der Waals surface area contributed by atoms with Crippen LogP contribution in [0.15, 0.2) is 67.4 Å². The Morgan fingerprint density at radius 1 is 1.06 bits per heavy atom. The van der Waals surface area contributed by atoms with Crippen LogP contribution >= 0.6 is 0 Å². The molecule has 1 aliphatic heterocycles. The highest BCUT2D eigenvalue weighted by Crippen LogP contribution is 2.36. The summed E-state index contributed by atoms with van der Waals surface area (Å²) in [6.07, 6.45) is 11.0. The number of benzene rings is 1. The lowest BCUT2D eigenvalue weighted by molar-refractivity contribution is 0.0733. The number of aromatic nitrogens is 5. The molecule has 1 aliphatic rings. The Bertz CT molecular complexity index is 1320. The monoisotopic (exact) mass is 454 g/mol. The zero-order valence-corrected chi connectivity index (χ0v) is 19.3. The number of carbonyl (C=O) groups excluding carboxylic acids is 1. The molecule has 1 amide bonds. The predicted molar refractivity (Wildman–Crippen MR) is 127 cm³/mol. The molecular weight excluding hydrogens is 428 g/mol. The van der Waals surface area contributed by atoms with Crippen molar-refractivity contribution >= 4 is 5.91 Å². The lowest BCUT2D eigenvalue weighted by Crippen LogP contribution is -2.31. The van der Waals surface area contributed by atoms with Crippen molar-refractivity contribution < 1.29 is 9.53 Å². The maximum atomic E-state index is 13.6. The van der Waals surface area contributed by atoms with Gasteiger partial charge in [-0.25, -0.2) is 9.97 Å². The summed E-state index contributed by atoms with van der Waals surface area (Å²) in [5, 5.41) is 0. The average molecular weight is 455 g/mol. The average Bonchev–Trinajstić information content (AvgIpc) is 3.53. The van der Waals surface area contributed by atoms with Crippen molar-refractivity contribution in [3.05, 3.63) is 89.9 Å². The number of para-hydroxylation sites is 1. The standard InChI is InChI=1S/C26H26N6O2/c1-31-15-13-30-25(31)24-23(28-11-12-29-24)21-7-5-14-32(21)26(33)19-9-10-27-20(17-19)16-18-6-3-4-8-22(18)34-2/h3-4,6,8-13,15,17,21H,5,7,14,16H2,1-2H3/t21-/m1/s1. The van der Waals surface area contributed by atoms with Crippen LogP contribution in [0.4, 0.5) is 0 Å². The molecule has 4 aromatic rings. The van der Waals surface area contributed by atoms with Crippen LogP contribution in [-0.4, -0.2) is 49.0 Å². The molecule has 4 heterocycles. The summed E-state index contributed by atoms with van der Waals surface area (Å²) in [5.41, 5.74) is 3.96. The molecule has 0 radical (unpaired) electrons.